The van der Waals surface area contributed by atoms with Gasteiger partial charge in [-0.15, -0.1) is 0 Å². The highest BCUT2D eigenvalue weighted by molar-refractivity contribution is 4.84. The van der Waals surface area contributed by atoms with Crippen LogP contribution in [0.1, 0.15) is 51.9 Å². The maximum Gasteiger partial charge on any atom is -0.00160 e. The second-order valence-electron chi connectivity index (χ2n) is 5.32. The average Bonchev–Trinajstić information content (AvgIpc) is 2.28. The van der Waals surface area contributed by atoms with Crippen LogP contribution in [0.25, 0.3) is 0 Å². The molecule has 1 aliphatic rings. The van der Waals surface area contributed by atoms with E-state index in [1.54, 1.807) is 0 Å². The number of hydrogen-bond donors (Lipinski definition) is 1. The van der Waals surface area contributed by atoms with Crippen molar-refractivity contribution in [2.75, 3.05) is 26.7 Å². The van der Waals surface area contributed by atoms with Crippen LogP contribution in [-0.2, 0) is 0 Å². The van der Waals surface area contributed by atoms with Gasteiger partial charge in [-0.05, 0) is 57.8 Å². The minimum atomic E-state index is 0.486. The standard InChI is InChI=1S/C13H28N2/c1-3-10-15(2)11-9-13(12-14)7-5-4-6-8-13/h3-12,14H2,1-2H3. The lowest BCUT2D eigenvalue weighted by Gasteiger charge is -2.37. The van der Waals surface area contributed by atoms with Crippen molar-refractivity contribution in [3.05, 3.63) is 0 Å². The van der Waals surface area contributed by atoms with Crippen molar-refractivity contribution in [2.45, 2.75) is 51.9 Å². The summed E-state index contributed by atoms with van der Waals surface area (Å²) in [6, 6.07) is 0. The molecule has 1 fully saturated rings. The van der Waals surface area contributed by atoms with Gasteiger partial charge in [-0.1, -0.05) is 26.2 Å². The zero-order valence-corrected chi connectivity index (χ0v) is 10.6. The molecule has 0 spiro atoms. The third-order valence-corrected chi connectivity index (χ3v) is 3.98. The Morgan fingerprint density at radius 2 is 1.80 bits per heavy atom. The summed E-state index contributed by atoms with van der Waals surface area (Å²) in [5.41, 5.74) is 6.47. The van der Waals surface area contributed by atoms with E-state index in [4.69, 9.17) is 5.73 Å². The van der Waals surface area contributed by atoms with Crippen molar-refractivity contribution < 1.29 is 0 Å². The fourth-order valence-electron chi connectivity index (χ4n) is 2.78. The summed E-state index contributed by atoms with van der Waals surface area (Å²) in [4.78, 5) is 2.45. The summed E-state index contributed by atoms with van der Waals surface area (Å²) in [6.07, 6.45) is 9.51. The third kappa shape index (κ3) is 4.12. The van der Waals surface area contributed by atoms with Crippen LogP contribution in [-0.4, -0.2) is 31.6 Å². The van der Waals surface area contributed by atoms with Gasteiger partial charge in [-0.2, -0.15) is 0 Å². The van der Waals surface area contributed by atoms with Crippen LogP contribution in [0.3, 0.4) is 0 Å². The topological polar surface area (TPSA) is 29.3 Å². The van der Waals surface area contributed by atoms with E-state index in [9.17, 15) is 0 Å². The Balaban J connectivity index is 2.32. The zero-order chi connectivity index (χ0) is 11.1. The van der Waals surface area contributed by atoms with Crippen LogP contribution >= 0.6 is 0 Å². The molecule has 15 heavy (non-hydrogen) atoms. The summed E-state index contributed by atoms with van der Waals surface area (Å²) < 4.78 is 0. The Labute approximate surface area is 95.2 Å². The lowest BCUT2D eigenvalue weighted by atomic mass is 9.72. The molecule has 0 amide bonds. The Bertz CT molecular complexity index is 162. The van der Waals surface area contributed by atoms with E-state index in [-0.39, 0.29) is 0 Å². The predicted molar refractivity (Wildman–Crippen MR) is 67.0 cm³/mol. The first kappa shape index (κ1) is 13.0. The highest BCUT2D eigenvalue weighted by Gasteiger charge is 2.30. The molecule has 0 aromatic heterocycles. The third-order valence-electron chi connectivity index (χ3n) is 3.98. The molecule has 0 aromatic carbocycles. The molecule has 0 bridgehead atoms. The van der Waals surface area contributed by atoms with Crippen molar-refractivity contribution in [3.8, 4) is 0 Å². The Morgan fingerprint density at radius 1 is 1.13 bits per heavy atom. The molecule has 1 saturated carbocycles. The van der Waals surface area contributed by atoms with Crippen molar-refractivity contribution in [1.29, 1.82) is 0 Å². The van der Waals surface area contributed by atoms with Crippen LogP contribution in [0.15, 0.2) is 0 Å². The molecular weight excluding hydrogens is 184 g/mol. The fraction of sp³-hybridized carbons (Fsp3) is 1.00. The molecule has 0 radical (unpaired) electrons. The largest absolute Gasteiger partial charge is 0.330 e. The normalized spacial score (nSPS) is 20.8. The SMILES string of the molecule is CCCN(C)CCC1(CN)CCCCC1. The van der Waals surface area contributed by atoms with E-state index in [0.29, 0.717) is 5.41 Å². The van der Waals surface area contributed by atoms with Gasteiger partial charge in [0.25, 0.3) is 0 Å². The van der Waals surface area contributed by atoms with Gasteiger partial charge in [-0.25, -0.2) is 0 Å². The number of hydrogen-bond acceptors (Lipinski definition) is 2. The minimum Gasteiger partial charge on any atom is -0.330 e. The fourth-order valence-corrected chi connectivity index (χ4v) is 2.78. The summed E-state index contributed by atoms with van der Waals surface area (Å²) >= 11 is 0. The van der Waals surface area contributed by atoms with E-state index in [2.05, 4.69) is 18.9 Å². The van der Waals surface area contributed by atoms with Crippen LogP contribution in [0.4, 0.5) is 0 Å². The number of nitrogens with zero attached hydrogens (tertiary/aromatic N) is 1. The highest BCUT2D eigenvalue weighted by Crippen LogP contribution is 2.38. The molecule has 1 rings (SSSR count). The lowest BCUT2D eigenvalue weighted by Crippen LogP contribution is -2.36. The molecule has 0 atom stereocenters. The van der Waals surface area contributed by atoms with Crippen molar-refractivity contribution >= 4 is 0 Å². The van der Waals surface area contributed by atoms with E-state index in [1.807, 2.05) is 0 Å². The quantitative estimate of drug-likeness (QED) is 0.733. The van der Waals surface area contributed by atoms with Gasteiger partial charge < -0.3 is 10.6 Å². The zero-order valence-electron chi connectivity index (χ0n) is 10.6. The van der Waals surface area contributed by atoms with Gasteiger partial charge in [0.05, 0.1) is 0 Å². The lowest BCUT2D eigenvalue weighted by molar-refractivity contribution is 0.156. The smallest absolute Gasteiger partial charge is 0.00160 e. The van der Waals surface area contributed by atoms with Gasteiger partial charge in [-0.3, -0.25) is 0 Å². The van der Waals surface area contributed by atoms with Gasteiger partial charge in [0, 0.05) is 0 Å². The molecule has 2 heteroatoms. The van der Waals surface area contributed by atoms with E-state index in [1.165, 1.54) is 58.0 Å². The molecule has 90 valence electrons. The maximum atomic E-state index is 5.98. The van der Waals surface area contributed by atoms with Crippen LogP contribution in [0, 0.1) is 5.41 Å². The Morgan fingerprint density at radius 3 is 2.33 bits per heavy atom. The van der Waals surface area contributed by atoms with Crippen molar-refractivity contribution in [3.63, 3.8) is 0 Å². The molecule has 2 N–H and O–H groups in total. The second kappa shape index (κ2) is 6.49. The summed E-state index contributed by atoms with van der Waals surface area (Å²) in [7, 11) is 2.23. The Kier molecular flexibility index (Phi) is 5.62. The minimum absolute atomic E-state index is 0.486. The molecule has 2 nitrogen and oxygen atoms in total. The predicted octanol–water partition coefficient (Wildman–Crippen LogP) is 2.63. The molecule has 0 aromatic rings. The first-order valence-electron chi connectivity index (χ1n) is 6.61. The van der Waals surface area contributed by atoms with Crippen molar-refractivity contribution in [2.24, 2.45) is 11.1 Å². The van der Waals surface area contributed by atoms with Gasteiger partial charge >= 0.3 is 0 Å². The Hall–Kier alpha value is -0.0800. The van der Waals surface area contributed by atoms with E-state index >= 15 is 0 Å². The molecule has 0 unspecified atom stereocenters. The number of rotatable bonds is 6. The molecule has 0 saturated heterocycles. The van der Waals surface area contributed by atoms with Crippen LogP contribution in [0.2, 0.25) is 0 Å². The maximum absolute atomic E-state index is 5.98. The van der Waals surface area contributed by atoms with Gasteiger partial charge in [0.1, 0.15) is 0 Å². The first-order valence-corrected chi connectivity index (χ1v) is 6.61. The molecule has 0 aliphatic heterocycles. The second-order valence-corrected chi connectivity index (χ2v) is 5.32. The van der Waals surface area contributed by atoms with Crippen molar-refractivity contribution in [1.82, 2.24) is 4.90 Å². The average molecular weight is 212 g/mol. The monoisotopic (exact) mass is 212 g/mol. The van der Waals surface area contributed by atoms with Gasteiger partial charge in [0.2, 0.25) is 0 Å². The van der Waals surface area contributed by atoms with E-state index < -0.39 is 0 Å². The molecule has 1 aliphatic carbocycles. The van der Waals surface area contributed by atoms with E-state index in [0.717, 1.165) is 6.54 Å². The van der Waals surface area contributed by atoms with Crippen LogP contribution < -0.4 is 5.73 Å². The summed E-state index contributed by atoms with van der Waals surface area (Å²) in [5.74, 6) is 0. The molecule has 0 heterocycles. The number of nitrogens with two attached hydrogens (primary N) is 1. The van der Waals surface area contributed by atoms with Gasteiger partial charge in [0.15, 0.2) is 0 Å². The highest BCUT2D eigenvalue weighted by atomic mass is 15.1. The van der Waals surface area contributed by atoms with Crippen LogP contribution in [0.5, 0.6) is 0 Å². The summed E-state index contributed by atoms with van der Waals surface area (Å²) in [5, 5.41) is 0. The first-order chi connectivity index (χ1) is 7.22. The molecular formula is C13H28N2. The summed E-state index contributed by atoms with van der Waals surface area (Å²) in [6.45, 7) is 5.59.